The maximum Gasteiger partial charge on any atom is 0.255 e. The summed E-state index contributed by atoms with van der Waals surface area (Å²) in [5.74, 6) is 1.08. The number of carbonyl (C=O) groups excluding carboxylic acids is 1. The molecule has 0 spiro atoms. The number of halogens is 1. The third-order valence-corrected chi connectivity index (χ3v) is 4.07. The van der Waals surface area contributed by atoms with Crippen molar-refractivity contribution in [1.82, 2.24) is 10.2 Å². The molecular weight excluding hydrogens is 311 g/mol. The van der Waals surface area contributed by atoms with E-state index >= 15 is 0 Å². The molecule has 0 saturated heterocycles. The van der Waals surface area contributed by atoms with Crippen molar-refractivity contribution in [2.75, 3.05) is 13.1 Å². The lowest BCUT2D eigenvalue weighted by Gasteiger charge is -2.18. The first-order valence-electron chi connectivity index (χ1n) is 7.65. The van der Waals surface area contributed by atoms with Crippen molar-refractivity contribution in [1.29, 1.82) is 0 Å². The number of amidine groups is 1. The zero-order valence-corrected chi connectivity index (χ0v) is 13.0. The first-order chi connectivity index (χ1) is 11.6. The lowest BCUT2D eigenvalue weighted by molar-refractivity contribution is 0.0949. The average molecular weight is 326 g/mol. The fourth-order valence-corrected chi connectivity index (χ4v) is 2.89. The Morgan fingerprint density at radius 1 is 1.38 bits per heavy atom. The molecular formula is C17H15FN4O2. The highest BCUT2D eigenvalue weighted by Crippen LogP contribution is 2.34. The van der Waals surface area contributed by atoms with Crippen LogP contribution < -0.4 is 5.32 Å². The number of carbonyl (C=O) groups is 1. The van der Waals surface area contributed by atoms with Gasteiger partial charge in [0.05, 0.1) is 17.7 Å². The molecule has 122 valence electrons. The predicted octanol–water partition coefficient (Wildman–Crippen LogP) is 2.39. The Kier molecular flexibility index (Phi) is 3.41. The highest BCUT2D eigenvalue weighted by molar-refractivity contribution is 6.17. The maximum absolute atomic E-state index is 12.9. The number of benzene rings is 1. The van der Waals surface area contributed by atoms with Crippen LogP contribution in [0.2, 0.25) is 0 Å². The molecule has 3 heterocycles. The Morgan fingerprint density at radius 2 is 2.17 bits per heavy atom. The van der Waals surface area contributed by atoms with Crippen LogP contribution in [0, 0.1) is 12.7 Å². The molecule has 6 nitrogen and oxygen atoms in total. The first kappa shape index (κ1) is 14.6. The largest absolute Gasteiger partial charge is 0.442 e. The van der Waals surface area contributed by atoms with Gasteiger partial charge in [0.15, 0.2) is 0 Å². The number of nitrogens with one attached hydrogen (secondary N) is 1. The third kappa shape index (κ3) is 2.38. The Morgan fingerprint density at radius 3 is 2.96 bits per heavy atom. The molecule has 2 aliphatic rings. The van der Waals surface area contributed by atoms with Crippen molar-refractivity contribution in [3.05, 3.63) is 52.5 Å². The van der Waals surface area contributed by atoms with Gasteiger partial charge in [0.2, 0.25) is 5.88 Å². The minimum absolute atomic E-state index is 0.256. The van der Waals surface area contributed by atoms with Gasteiger partial charge in [0.25, 0.3) is 5.91 Å². The topological polar surface area (TPSA) is 70.2 Å². The molecule has 2 aliphatic heterocycles. The number of aliphatic imine (C=N–C) groups is 2. The smallest absolute Gasteiger partial charge is 0.255 e. The van der Waals surface area contributed by atoms with Crippen LogP contribution in [0.25, 0.3) is 0 Å². The van der Waals surface area contributed by atoms with Crippen molar-refractivity contribution < 1.29 is 13.6 Å². The van der Waals surface area contributed by atoms with Crippen LogP contribution in [0.4, 0.5) is 10.3 Å². The van der Waals surface area contributed by atoms with E-state index in [1.54, 1.807) is 25.4 Å². The number of furan rings is 1. The lowest BCUT2D eigenvalue weighted by atomic mass is 10.1. The summed E-state index contributed by atoms with van der Waals surface area (Å²) in [4.78, 5) is 23.3. The van der Waals surface area contributed by atoms with E-state index in [0.29, 0.717) is 35.9 Å². The van der Waals surface area contributed by atoms with Crippen LogP contribution in [0.15, 0.2) is 38.7 Å². The normalized spacial score (nSPS) is 15.1. The summed E-state index contributed by atoms with van der Waals surface area (Å²) in [6.45, 7) is 3.46. The van der Waals surface area contributed by atoms with Crippen LogP contribution >= 0.6 is 0 Å². The molecule has 4 rings (SSSR count). The summed E-state index contributed by atoms with van der Waals surface area (Å²) >= 11 is 0. The minimum atomic E-state index is -0.304. The highest BCUT2D eigenvalue weighted by Gasteiger charge is 2.33. The number of rotatable bonds is 3. The minimum Gasteiger partial charge on any atom is -0.442 e. The predicted molar refractivity (Wildman–Crippen MR) is 87.3 cm³/mol. The van der Waals surface area contributed by atoms with Crippen molar-refractivity contribution >= 4 is 24.0 Å². The molecule has 2 aromatic rings. The molecule has 0 bridgehead atoms. The van der Waals surface area contributed by atoms with E-state index in [-0.39, 0.29) is 11.7 Å². The summed E-state index contributed by atoms with van der Waals surface area (Å²) in [5.41, 5.74) is 1.91. The molecule has 24 heavy (non-hydrogen) atoms. The van der Waals surface area contributed by atoms with Gasteiger partial charge in [-0.25, -0.2) is 9.38 Å². The van der Waals surface area contributed by atoms with Crippen molar-refractivity contribution in [3.63, 3.8) is 0 Å². The Balaban J connectivity index is 1.60. The SMILES string of the molecule is Cc1oc2c(c1C(=O)NCc1ccc(F)cc1)C1=NCCN1C=N2. The van der Waals surface area contributed by atoms with E-state index in [1.807, 2.05) is 4.90 Å². The second-order valence-electron chi connectivity index (χ2n) is 5.67. The summed E-state index contributed by atoms with van der Waals surface area (Å²) in [6, 6.07) is 6.01. The van der Waals surface area contributed by atoms with Gasteiger partial charge >= 0.3 is 0 Å². The van der Waals surface area contributed by atoms with Crippen LogP contribution in [0.1, 0.15) is 27.2 Å². The second kappa shape index (κ2) is 5.59. The fourth-order valence-electron chi connectivity index (χ4n) is 2.89. The lowest BCUT2D eigenvalue weighted by Crippen LogP contribution is -2.32. The molecule has 1 N–H and O–H groups in total. The van der Waals surface area contributed by atoms with E-state index in [2.05, 4.69) is 15.3 Å². The van der Waals surface area contributed by atoms with Gasteiger partial charge in [0.1, 0.15) is 23.8 Å². The standard InChI is InChI=1S/C17H15FN4O2/c1-10-13(16(23)20-8-11-2-4-12(18)5-3-11)14-15-19-6-7-22(15)9-21-17(14)24-10/h2-5,9H,6-8H2,1H3,(H,20,23). The maximum atomic E-state index is 12.9. The van der Waals surface area contributed by atoms with E-state index in [0.717, 1.165) is 17.9 Å². The van der Waals surface area contributed by atoms with Crippen LogP contribution in [0.5, 0.6) is 0 Å². The van der Waals surface area contributed by atoms with E-state index in [4.69, 9.17) is 4.42 Å². The highest BCUT2D eigenvalue weighted by atomic mass is 19.1. The quantitative estimate of drug-likeness (QED) is 0.941. The molecule has 1 aromatic heterocycles. The van der Waals surface area contributed by atoms with Gasteiger partial charge in [0, 0.05) is 13.1 Å². The number of hydrogen-bond donors (Lipinski definition) is 1. The van der Waals surface area contributed by atoms with Gasteiger partial charge in [-0.15, -0.1) is 0 Å². The summed E-state index contributed by atoms with van der Waals surface area (Å²) in [5, 5.41) is 2.84. The molecule has 0 saturated carbocycles. The van der Waals surface area contributed by atoms with Gasteiger partial charge in [-0.1, -0.05) is 12.1 Å². The third-order valence-electron chi connectivity index (χ3n) is 4.07. The molecule has 7 heteroatoms. The van der Waals surface area contributed by atoms with Crippen LogP contribution in [0.3, 0.4) is 0 Å². The van der Waals surface area contributed by atoms with Gasteiger partial charge in [-0.2, -0.15) is 0 Å². The number of hydrogen-bond acceptors (Lipinski definition) is 5. The summed E-state index contributed by atoms with van der Waals surface area (Å²) in [6.07, 6.45) is 1.68. The van der Waals surface area contributed by atoms with Gasteiger partial charge in [-0.3, -0.25) is 9.79 Å². The molecule has 0 aliphatic carbocycles. The number of amides is 1. The Bertz CT molecular complexity index is 867. The molecule has 0 radical (unpaired) electrons. The van der Waals surface area contributed by atoms with Crippen molar-refractivity contribution in [3.8, 4) is 0 Å². The zero-order chi connectivity index (χ0) is 16.7. The van der Waals surface area contributed by atoms with Gasteiger partial charge < -0.3 is 14.6 Å². The zero-order valence-electron chi connectivity index (χ0n) is 13.0. The van der Waals surface area contributed by atoms with Crippen molar-refractivity contribution in [2.24, 2.45) is 9.98 Å². The second-order valence-corrected chi connectivity index (χ2v) is 5.67. The van der Waals surface area contributed by atoms with Crippen LogP contribution in [-0.2, 0) is 6.54 Å². The van der Waals surface area contributed by atoms with E-state index in [1.165, 1.54) is 12.1 Å². The van der Waals surface area contributed by atoms with Gasteiger partial charge in [-0.05, 0) is 24.6 Å². The average Bonchev–Trinajstić information content (AvgIpc) is 3.16. The van der Waals surface area contributed by atoms with Crippen LogP contribution in [-0.4, -0.2) is 36.1 Å². The molecule has 1 aromatic carbocycles. The van der Waals surface area contributed by atoms with E-state index < -0.39 is 0 Å². The number of nitrogens with zero attached hydrogens (tertiary/aromatic N) is 3. The van der Waals surface area contributed by atoms with E-state index in [9.17, 15) is 9.18 Å². The Labute approximate surface area is 137 Å². The number of aryl methyl sites for hydroxylation is 1. The Hall–Kier alpha value is -2.96. The molecule has 0 fully saturated rings. The molecule has 0 atom stereocenters. The van der Waals surface area contributed by atoms with Crippen molar-refractivity contribution in [2.45, 2.75) is 13.5 Å². The number of fused-ring (bicyclic) bond motifs is 3. The molecule has 1 amide bonds. The summed E-state index contributed by atoms with van der Waals surface area (Å²) in [7, 11) is 0. The monoisotopic (exact) mass is 326 g/mol. The summed E-state index contributed by atoms with van der Waals surface area (Å²) < 4.78 is 18.6. The molecule has 0 unspecified atom stereocenters. The first-order valence-corrected chi connectivity index (χ1v) is 7.65. The fraction of sp³-hybridized carbons (Fsp3) is 0.235.